The summed E-state index contributed by atoms with van der Waals surface area (Å²) in [6.45, 7) is 2.30. The second-order valence-corrected chi connectivity index (χ2v) is 9.35. The summed E-state index contributed by atoms with van der Waals surface area (Å²) in [4.78, 5) is 24.8. The summed E-state index contributed by atoms with van der Waals surface area (Å²) in [6.07, 6.45) is 4.54. The lowest BCUT2D eigenvalue weighted by Crippen LogP contribution is -2.61. The number of allylic oxidation sites excluding steroid dienone is 2. The molecule has 0 aliphatic heterocycles. The number of rotatable bonds is 2. The van der Waals surface area contributed by atoms with E-state index in [1.807, 2.05) is 0 Å². The van der Waals surface area contributed by atoms with Crippen molar-refractivity contribution in [3.05, 3.63) is 11.6 Å². The molecule has 6 heteroatoms. The third-order valence-corrected chi connectivity index (χ3v) is 8.46. The van der Waals surface area contributed by atoms with Gasteiger partial charge in [-0.25, -0.2) is 0 Å². The fourth-order valence-electron chi connectivity index (χ4n) is 7.17. The maximum Gasteiger partial charge on any atom is 0.451 e. The zero-order valence-electron chi connectivity index (χ0n) is 15.8. The van der Waals surface area contributed by atoms with E-state index in [0.717, 1.165) is 19.3 Å². The van der Waals surface area contributed by atoms with Gasteiger partial charge in [0, 0.05) is 6.42 Å². The van der Waals surface area contributed by atoms with Gasteiger partial charge in [-0.2, -0.15) is 13.2 Å². The molecule has 0 aromatic heterocycles. The standard InChI is InChI=1S/C21H28F3NO2/c1-19-10-3-2-4-12(19)5-6-13-14(19)9-11-20(15(13)7-8-16(20)26)17(25)18(27)21(22,23)24/h5,13-15,17H,2-4,6-11,25H2,1H3/t13-,14+,15+,17?,19+,20-/m1/s1. The Morgan fingerprint density at radius 3 is 2.63 bits per heavy atom. The second-order valence-electron chi connectivity index (χ2n) is 9.35. The van der Waals surface area contributed by atoms with Gasteiger partial charge in [0.25, 0.3) is 5.78 Å². The molecule has 27 heavy (non-hydrogen) atoms. The molecule has 4 aliphatic carbocycles. The SMILES string of the molecule is C[C@]12CCCCC1=CC[C@@H]1[C@@H]2CC[C@]2(C(N)C(=O)C(F)(F)F)C(=O)CC[C@@H]12. The quantitative estimate of drug-likeness (QED) is 0.722. The van der Waals surface area contributed by atoms with Crippen molar-refractivity contribution in [1.82, 2.24) is 0 Å². The van der Waals surface area contributed by atoms with Gasteiger partial charge in [-0.1, -0.05) is 25.0 Å². The highest BCUT2D eigenvalue weighted by molar-refractivity contribution is 5.98. The molecular weight excluding hydrogens is 355 g/mol. The molecule has 3 nitrogen and oxygen atoms in total. The number of carbonyl (C=O) groups excluding carboxylic acids is 2. The van der Waals surface area contributed by atoms with Gasteiger partial charge in [-0.05, 0) is 68.1 Å². The van der Waals surface area contributed by atoms with Gasteiger partial charge in [-0.15, -0.1) is 0 Å². The summed E-state index contributed by atoms with van der Waals surface area (Å²) >= 11 is 0. The van der Waals surface area contributed by atoms with Crippen molar-refractivity contribution in [2.45, 2.75) is 76.9 Å². The highest BCUT2D eigenvalue weighted by atomic mass is 19.4. The number of nitrogens with two attached hydrogens (primary N) is 1. The molecule has 4 aliphatic rings. The monoisotopic (exact) mass is 383 g/mol. The van der Waals surface area contributed by atoms with E-state index in [1.54, 1.807) is 0 Å². The molecular formula is C21H28F3NO2. The van der Waals surface area contributed by atoms with Crippen LogP contribution in [0.2, 0.25) is 0 Å². The van der Waals surface area contributed by atoms with E-state index < -0.39 is 23.4 Å². The largest absolute Gasteiger partial charge is 0.451 e. The number of ketones is 2. The highest BCUT2D eigenvalue weighted by Crippen LogP contribution is 2.64. The summed E-state index contributed by atoms with van der Waals surface area (Å²) in [5.74, 6) is -1.82. The van der Waals surface area contributed by atoms with E-state index in [4.69, 9.17) is 5.73 Å². The Labute approximate surface area is 157 Å². The first-order valence-electron chi connectivity index (χ1n) is 10.2. The molecule has 0 bridgehead atoms. The van der Waals surface area contributed by atoms with Gasteiger partial charge in [0.2, 0.25) is 0 Å². The van der Waals surface area contributed by atoms with E-state index in [1.165, 1.54) is 18.4 Å². The Bertz CT molecular complexity index is 700. The number of Topliss-reactive ketones (excluding diaryl/α,β-unsaturated/α-hetero) is 2. The number of alkyl halides is 3. The molecule has 0 heterocycles. The molecule has 0 spiro atoms. The van der Waals surface area contributed by atoms with Gasteiger partial charge in [-0.3, -0.25) is 9.59 Å². The third kappa shape index (κ3) is 2.58. The lowest BCUT2D eigenvalue weighted by Gasteiger charge is -2.57. The zero-order chi connectivity index (χ0) is 19.6. The second kappa shape index (κ2) is 6.16. The maximum atomic E-state index is 13.1. The molecule has 1 unspecified atom stereocenters. The van der Waals surface area contributed by atoms with E-state index in [-0.39, 0.29) is 29.5 Å². The summed E-state index contributed by atoms with van der Waals surface area (Å²) < 4.78 is 39.3. The van der Waals surface area contributed by atoms with Crippen molar-refractivity contribution in [1.29, 1.82) is 0 Å². The van der Waals surface area contributed by atoms with Crippen LogP contribution in [0.1, 0.15) is 64.7 Å². The molecule has 6 atom stereocenters. The van der Waals surface area contributed by atoms with Crippen LogP contribution in [0.4, 0.5) is 13.2 Å². The molecule has 0 aromatic rings. The fraction of sp³-hybridized carbons (Fsp3) is 0.810. The number of halogens is 3. The van der Waals surface area contributed by atoms with Crippen molar-refractivity contribution in [3.63, 3.8) is 0 Å². The van der Waals surface area contributed by atoms with Crippen molar-refractivity contribution in [3.8, 4) is 0 Å². The maximum absolute atomic E-state index is 13.1. The van der Waals surface area contributed by atoms with Crippen LogP contribution in [-0.2, 0) is 9.59 Å². The number of fused-ring (bicyclic) bond motifs is 5. The van der Waals surface area contributed by atoms with Crippen molar-refractivity contribution in [2.75, 3.05) is 0 Å². The fourth-order valence-corrected chi connectivity index (χ4v) is 7.17. The molecule has 3 fully saturated rings. The minimum atomic E-state index is -4.99. The van der Waals surface area contributed by atoms with E-state index >= 15 is 0 Å². The highest BCUT2D eigenvalue weighted by Gasteiger charge is 2.65. The molecule has 4 rings (SSSR count). The van der Waals surface area contributed by atoms with E-state index in [9.17, 15) is 22.8 Å². The van der Waals surface area contributed by atoms with Crippen molar-refractivity contribution in [2.24, 2.45) is 34.3 Å². The smallest absolute Gasteiger partial charge is 0.320 e. The summed E-state index contributed by atoms with van der Waals surface area (Å²) in [5, 5.41) is 0. The third-order valence-electron chi connectivity index (χ3n) is 8.46. The van der Waals surface area contributed by atoms with E-state index in [2.05, 4.69) is 13.0 Å². The molecule has 0 radical (unpaired) electrons. The number of hydrogen-bond acceptors (Lipinski definition) is 3. The molecule has 0 aromatic carbocycles. The van der Waals surface area contributed by atoms with Crippen LogP contribution in [0.3, 0.4) is 0 Å². The van der Waals surface area contributed by atoms with Crippen LogP contribution in [0.15, 0.2) is 11.6 Å². The Kier molecular flexibility index (Phi) is 4.37. The first-order valence-corrected chi connectivity index (χ1v) is 10.2. The lowest BCUT2D eigenvalue weighted by atomic mass is 9.46. The summed E-state index contributed by atoms with van der Waals surface area (Å²) in [7, 11) is 0. The lowest BCUT2D eigenvalue weighted by molar-refractivity contribution is -0.179. The molecule has 3 saturated carbocycles. The first kappa shape index (κ1) is 19.2. The van der Waals surface area contributed by atoms with Gasteiger partial charge < -0.3 is 5.73 Å². The number of hydrogen-bond donors (Lipinski definition) is 1. The van der Waals surface area contributed by atoms with Gasteiger partial charge in [0.05, 0.1) is 11.5 Å². The molecule has 0 saturated heterocycles. The molecule has 150 valence electrons. The Hall–Kier alpha value is -1.17. The van der Waals surface area contributed by atoms with Gasteiger partial charge in [0.15, 0.2) is 0 Å². The van der Waals surface area contributed by atoms with Crippen molar-refractivity contribution >= 4 is 11.6 Å². The predicted molar refractivity (Wildman–Crippen MR) is 94.7 cm³/mol. The van der Waals surface area contributed by atoms with E-state index in [0.29, 0.717) is 25.2 Å². The van der Waals surface area contributed by atoms with Crippen LogP contribution in [0, 0.1) is 28.6 Å². The van der Waals surface area contributed by atoms with Crippen LogP contribution < -0.4 is 5.73 Å². The van der Waals surface area contributed by atoms with Crippen LogP contribution in [0.5, 0.6) is 0 Å². The summed E-state index contributed by atoms with van der Waals surface area (Å²) in [5.41, 5.74) is 6.21. The molecule has 2 N–H and O–H groups in total. The van der Waals surface area contributed by atoms with Crippen LogP contribution in [-0.4, -0.2) is 23.8 Å². The topological polar surface area (TPSA) is 60.2 Å². The first-order chi connectivity index (χ1) is 12.6. The normalized spacial score (nSPS) is 42.6. The minimum absolute atomic E-state index is 0.0943. The average molecular weight is 383 g/mol. The minimum Gasteiger partial charge on any atom is -0.320 e. The van der Waals surface area contributed by atoms with Crippen LogP contribution in [0.25, 0.3) is 0 Å². The van der Waals surface area contributed by atoms with Gasteiger partial charge in [0.1, 0.15) is 5.78 Å². The zero-order valence-corrected chi connectivity index (χ0v) is 15.8. The Morgan fingerprint density at radius 1 is 1.19 bits per heavy atom. The van der Waals surface area contributed by atoms with Crippen molar-refractivity contribution < 1.29 is 22.8 Å². The Balaban J connectivity index is 1.71. The Morgan fingerprint density at radius 2 is 1.93 bits per heavy atom. The molecule has 0 amide bonds. The number of carbonyl (C=O) groups is 2. The predicted octanol–water partition coefficient (Wildman–Crippen LogP) is 4.35. The average Bonchev–Trinajstić information content (AvgIpc) is 2.97. The van der Waals surface area contributed by atoms with Gasteiger partial charge >= 0.3 is 6.18 Å². The summed E-state index contributed by atoms with van der Waals surface area (Å²) in [6, 6.07) is -1.76. The van der Waals surface area contributed by atoms with Crippen LogP contribution >= 0.6 is 0 Å².